The number of halogens is 4. The maximum absolute atomic E-state index is 14.3. The first-order chi connectivity index (χ1) is 14.9. The van der Waals surface area contributed by atoms with Gasteiger partial charge < -0.3 is 4.74 Å². The van der Waals surface area contributed by atoms with Crippen molar-refractivity contribution < 1.29 is 22.3 Å². The van der Waals surface area contributed by atoms with Crippen LogP contribution in [0.3, 0.4) is 0 Å². The van der Waals surface area contributed by atoms with Gasteiger partial charge in [-0.05, 0) is 32.6 Å². The van der Waals surface area contributed by atoms with Crippen molar-refractivity contribution in [2.45, 2.75) is 130 Å². The Morgan fingerprint density at radius 3 is 1.39 bits per heavy atom. The third-order valence-corrected chi connectivity index (χ3v) is 5.99. The van der Waals surface area contributed by atoms with E-state index in [4.69, 9.17) is 4.74 Å². The molecule has 1 unspecified atom stereocenters. The molecule has 0 fully saturated rings. The molecule has 1 aromatic carbocycles. The molecule has 1 rings (SSSR count). The Morgan fingerprint density at radius 1 is 0.548 bits per heavy atom. The second-order valence-electron chi connectivity index (χ2n) is 8.77. The Morgan fingerprint density at radius 2 is 0.935 bits per heavy atom. The summed E-state index contributed by atoms with van der Waals surface area (Å²) in [5.41, 5.74) is -0.305. The fourth-order valence-electron chi connectivity index (χ4n) is 3.95. The summed E-state index contributed by atoms with van der Waals surface area (Å²) in [5.74, 6) is -6.87. The van der Waals surface area contributed by atoms with E-state index in [2.05, 4.69) is 13.8 Å². The van der Waals surface area contributed by atoms with Gasteiger partial charge in [0.1, 0.15) is 0 Å². The lowest BCUT2D eigenvalue weighted by atomic mass is 10.0. The van der Waals surface area contributed by atoms with E-state index in [0.29, 0.717) is 12.8 Å². The third kappa shape index (κ3) is 10.3. The second kappa shape index (κ2) is 16.4. The quantitative estimate of drug-likeness (QED) is 0.0944. The first-order valence-corrected chi connectivity index (χ1v) is 12.4. The van der Waals surface area contributed by atoms with Crippen LogP contribution < -0.4 is 4.74 Å². The lowest BCUT2D eigenvalue weighted by molar-refractivity contribution is 0.160. The first kappa shape index (κ1) is 27.8. The molecule has 0 amide bonds. The van der Waals surface area contributed by atoms with Crippen molar-refractivity contribution >= 4 is 0 Å². The molecule has 1 nitrogen and oxygen atoms in total. The molecule has 0 heterocycles. The highest BCUT2D eigenvalue weighted by molar-refractivity contribution is 5.37. The standard InChI is InChI=1S/C26H42F4O/c1-4-6-8-10-12-13-15-17-19-21(18-16-14-11-9-7-5-2)31-26-20(3)22(27)23(28)24(29)25(26)30/h21H,4-19H2,1-3H3. The smallest absolute Gasteiger partial charge is 0.204 e. The molecule has 0 aliphatic heterocycles. The average molecular weight is 447 g/mol. The Bertz CT molecular complexity index is 589. The minimum atomic E-state index is -1.80. The van der Waals surface area contributed by atoms with Crippen molar-refractivity contribution in [2.24, 2.45) is 0 Å². The lowest BCUT2D eigenvalue weighted by Crippen LogP contribution is -2.19. The summed E-state index contributed by atoms with van der Waals surface area (Å²) in [5, 5.41) is 0. The molecular weight excluding hydrogens is 404 g/mol. The zero-order valence-electron chi connectivity index (χ0n) is 19.8. The van der Waals surface area contributed by atoms with E-state index in [1.807, 2.05) is 0 Å². The van der Waals surface area contributed by atoms with Crippen molar-refractivity contribution in [3.8, 4) is 5.75 Å². The van der Waals surface area contributed by atoms with Crippen molar-refractivity contribution in [1.29, 1.82) is 0 Å². The van der Waals surface area contributed by atoms with E-state index in [1.165, 1.54) is 58.3 Å². The van der Waals surface area contributed by atoms with E-state index >= 15 is 0 Å². The SMILES string of the molecule is CCCCCCCCCCC(CCCCCCCC)Oc1c(C)c(F)c(F)c(F)c1F. The van der Waals surface area contributed by atoms with Crippen LogP contribution in [0.15, 0.2) is 0 Å². The molecule has 0 bridgehead atoms. The van der Waals surface area contributed by atoms with Crippen LogP contribution in [0, 0.1) is 30.2 Å². The molecule has 31 heavy (non-hydrogen) atoms. The van der Waals surface area contributed by atoms with Gasteiger partial charge in [0, 0.05) is 5.56 Å². The van der Waals surface area contributed by atoms with Crippen LogP contribution in [-0.2, 0) is 0 Å². The highest BCUT2D eigenvalue weighted by Gasteiger charge is 2.26. The summed E-state index contributed by atoms with van der Waals surface area (Å²) in [6, 6.07) is 0. The van der Waals surface area contributed by atoms with Crippen LogP contribution in [0.5, 0.6) is 5.75 Å². The minimum absolute atomic E-state index is 0.305. The van der Waals surface area contributed by atoms with Crippen LogP contribution in [0.4, 0.5) is 17.6 Å². The zero-order valence-corrected chi connectivity index (χ0v) is 19.8. The third-order valence-electron chi connectivity index (χ3n) is 5.99. The van der Waals surface area contributed by atoms with E-state index in [1.54, 1.807) is 0 Å². The summed E-state index contributed by atoms with van der Waals surface area (Å²) in [7, 11) is 0. The predicted octanol–water partition coefficient (Wildman–Crippen LogP) is 9.58. The fraction of sp³-hybridized carbons (Fsp3) is 0.769. The molecule has 0 aliphatic carbocycles. The van der Waals surface area contributed by atoms with Gasteiger partial charge in [-0.3, -0.25) is 0 Å². The predicted molar refractivity (Wildman–Crippen MR) is 121 cm³/mol. The summed E-state index contributed by atoms with van der Waals surface area (Å²) in [6.45, 7) is 5.60. The van der Waals surface area contributed by atoms with Gasteiger partial charge in [-0.2, -0.15) is 4.39 Å². The number of benzene rings is 1. The number of hydrogen-bond donors (Lipinski definition) is 0. The Labute approximate surface area is 187 Å². The van der Waals surface area contributed by atoms with E-state index in [-0.39, 0.29) is 11.7 Å². The van der Waals surface area contributed by atoms with Crippen LogP contribution in [0.2, 0.25) is 0 Å². The number of hydrogen-bond acceptors (Lipinski definition) is 1. The largest absolute Gasteiger partial charge is 0.487 e. The monoisotopic (exact) mass is 446 g/mol. The summed E-state index contributed by atoms with van der Waals surface area (Å²) in [6.07, 6.45) is 17.3. The fourth-order valence-corrected chi connectivity index (χ4v) is 3.95. The summed E-state index contributed by atoms with van der Waals surface area (Å²) < 4.78 is 61.1. The Kier molecular flexibility index (Phi) is 14.7. The van der Waals surface area contributed by atoms with Gasteiger partial charge in [-0.1, -0.05) is 90.9 Å². The normalized spacial score (nSPS) is 12.4. The van der Waals surface area contributed by atoms with Crippen molar-refractivity contribution in [1.82, 2.24) is 0 Å². The maximum atomic E-state index is 14.3. The zero-order chi connectivity index (χ0) is 23.1. The summed E-state index contributed by atoms with van der Waals surface area (Å²) in [4.78, 5) is 0. The maximum Gasteiger partial charge on any atom is 0.204 e. The van der Waals surface area contributed by atoms with E-state index in [0.717, 1.165) is 38.5 Å². The highest BCUT2D eigenvalue weighted by atomic mass is 19.2. The van der Waals surface area contributed by atoms with Gasteiger partial charge in [-0.25, -0.2) is 13.2 Å². The summed E-state index contributed by atoms with van der Waals surface area (Å²) >= 11 is 0. The topological polar surface area (TPSA) is 9.23 Å². The Balaban J connectivity index is 2.62. The van der Waals surface area contributed by atoms with Gasteiger partial charge >= 0.3 is 0 Å². The lowest BCUT2D eigenvalue weighted by Gasteiger charge is -2.21. The number of ether oxygens (including phenoxy) is 1. The van der Waals surface area contributed by atoms with Crippen LogP contribution in [-0.4, -0.2) is 6.10 Å². The molecule has 0 radical (unpaired) electrons. The van der Waals surface area contributed by atoms with Gasteiger partial charge in [-0.15, -0.1) is 0 Å². The first-order valence-electron chi connectivity index (χ1n) is 12.4. The van der Waals surface area contributed by atoms with Gasteiger partial charge in [0.05, 0.1) is 6.10 Å². The van der Waals surface area contributed by atoms with Crippen molar-refractivity contribution in [2.75, 3.05) is 0 Å². The van der Waals surface area contributed by atoms with Crippen LogP contribution >= 0.6 is 0 Å². The molecule has 0 spiro atoms. The molecule has 0 saturated carbocycles. The van der Waals surface area contributed by atoms with Crippen LogP contribution in [0.25, 0.3) is 0 Å². The molecule has 1 atom stereocenters. The Hall–Kier alpha value is -1.26. The molecule has 180 valence electrons. The molecule has 0 N–H and O–H groups in total. The molecule has 5 heteroatoms. The second-order valence-corrected chi connectivity index (χ2v) is 8.77. The molecule has 0 aromatic heterocycles. The van der Waals surface area contributed by atoms with Crippen molar-refractivity contribution in [3.63, 3.8) is 0 Å². The molecule has 0 saturated heterocycles. The van der Waals surface area contributed by atoms with Crippen molar-refractivity contribution in [3.05, 3.63) is 28.8 Å². The van der Waals surface area contributed by atoms with E-state index in [9.17, 15) is 17.6 Å². The molecular formula is C26H42F4O. The van der Waals surface area contributed by atoms with Gasteiger partial charge in [0.15, 0.2) is 17.4 Å². The minimum Gasteiger partial charge on any atom is -0.487 e. The molecule has 1 aromatic rings. The average Bonchev–Trinajstić information content (AvgIpc) is 2.77. The van der Waals surface area contributed by atoms with E-state index < -0.39 is 29.0 Å². The number of unbranched alkanes of at least 4 members (excludes halogenated alkanes) is 12. The number of rotatable bonds is 18. The van der Waals surface area contributed by atoms with Gasteiger partial charge in [0.2, 0.25) is 11.6 Å². The van der Waals surface area contributed by atoms with Crippen LogP contribution in [0.1, 0.15) is 122 Å². The molecule has 0 aliphatic rings. The van der Waals surface area contributed by atoms with Gasteiger partial charge in [0.25, 0.3) is 0 Å². The highest BCUT2D eigenvalue weighted by Crippen LogP contribution is 2.32.